The normalized spacial score (nSPS) is 20.5. The second-order valence-electron chi connectivity index (χ2n) is 9.38. The van der Waals surface area contributed by atoms with Crippen LogP contribution in [0.5, 0.6) is 5.75 Å². The predicted octanol–water partition coefficient (Wildman–Crippen LogP) is 2.54. The third-order valence-corrected chi connectivity index (χ3v) is 6.25. The summed E-state index contributed by atoms with van der Waals surface area (Å²) in [4.78, 5) is 27.6. The Labute approximate surface area is 179 Å². The SMILES string of the molecule is Cc1ccc(OC(=O)N2CCNCC2)c(B2OC(C)(C)C(C)(C)O2)c1C(=O)C(C)C. The van der Waals surface area contributed by atoms with E-state index in [1.165, 1.54) is 0 Å². The fraction of sp³-hybridized carbons (Fsp3) is 0.636. The number of aryl methyl sites for hydroxylation is 1. The molecule has 30 heavy (non-hydrogen) atoms. The third kappa shape index (κ3) is 4.27. The highest BCUT2D eigenvalue weighted by molar-refractivity contribution is 6.65. The summed E-state index contributed by atoms with van der Waals surface area (Å²) in [6.07, 6.45) is -0.430. The smallest absolute Gasteiger partial charge is 0.411 e. The molecule has 7 nitrogen and oxygen atoms in total. The number of nitrogens with zero attached hydrogens (tertiary/aromatic N) is 1. The van der Waals surface area contributed by atoms with Gasteiger partial charge in [-0.1, -0.05) is 19.9 Å². The number of ether oxygens (including phenoxy) is 1. The lowest BCUT2D eigenvalue weighted by atomic mass is 9.72. The van der Waals surface area contributed by atoms with E-state index in [-0.39, 0.29) is 11.7 Å². The zero-order valence-electron chi connectivity index (χ0n) is 19.1. The van der Waals surface area contributed by atoms with Gasteiger partial charge in [0.05, 0.1) is 11.2 Å². The molecule has 1 aromatic carbocycles. The molecule has 8 heteroatoms. The van der Waals surface area contributed by atoms with Gasteiger partial charge in [-0.25, -0.2) is 4.79 Å². The molecular weight excluding hydrogens is 383 g/mol. The van der Waals surface area contributed by atoms with E-state index in [9.17, 15) is 9.59 Å². The van der Waals surface area contributed by atoms with E-state index in [0.29, 0.717) is 29.9 Å². The standard InChI is InChI=1S/C22H33BN2O5/c1-14(2)19(26)17-15(3)8-9-16(28-20(27)25-12-10-24-11-13-25)18(17)23-29-21(4,5)22(6,7)30-23/h8-9,14,24H,10-13H2,1-7H3. The van der Waals surface area contributed by atoms with Crippen molar-refractivity contribution in [1.29, 1.82) is 0 Å². The number of hydrogen-bond donors (Lipinski definition) is 1. The van der Waals surface area contributed by atoms with Crippen LogP contribution in [0.2, 0.25) is 0 Å². The zero-order valence-corrected chi connectivity index (χ0v) is 19.1. The second-order valence-corrected chi connectivity index (χ2v) is 9.38. The third-order valence-electron chi connectivity index (χ3n) is 6.25. The Hall–Kier alpha value is -1.90. The lowest BCUT2D eigenvalue weighted by Gasteiger charge is -2.32. The highest BCUT2D eigenvalue weighted by Gasteiger charge is 2.53. The molecule has 0 radical (unpaired) electrons. The summed E-state index contributed by atoms with van der Waals surface area (Å²) in [7, 11) is -0.807. The summed E-state index contributed by atoms with van der Waals surface area (Å²) in [6, 6.07) is 3.54. The van der Waals surface area contributed by atoms with Crippen LogP contribution in [-0.2, 0) is 9.31 Å². The fourth-order valence-corrected chi connectivity index (χ4v) is 3.62. The number of carbonyl (C=O) groups excluding carboxylic acids is 2. The number of Topliss-reactive ketones (excluding diaryl/α,β-unsaturated/α-hetero) is 1. The van der Waals surface area contributed by atoms with Crippen LogP contribution < -0.4 is 15.5 Å². The van der Waals surface area contributed by atoms with Crippen LogP contribution >= 0.6 is 0 Å². The number of ketones is 1. The highest BCUT2D eigenvalue weighted by Crippen LogP contribution is 2.38. The first-order valence-electron chi connectivity index (χ1n) is 10.7. The first kappa shape index (κ1) is 22.8. The van der Waals surface area contributed by atoms with Crippen molar-refractivity contribution in [3.8, 4) is 5.75 Å². The average molecular weight is 416 g/mol. The van der Waals surface area contributed by atoms with E-state index < -0.39 is 24.4 Å². The van der Waals surface area contributed by atoms with Crippen molar-refractivity contribution in [3.05, 3.63) is 23.3 Å². The summed E-state index contributed by atoms with van der Waals surface area (Å²) in [5, 5.41) is 3.22. The molecule has 2 fully saturated rings. The molecule has 0 bridgehead atoms. The monoisotopic (exact) mass is 416 g/mol. The van der Waals surface area contributed by atoms with E-state index in [4.69, 9.17) is 14.0 Å². The van der Waals surface area contributed by atoms with Gasteiger partial charge in [-0.2, -0.15) is 0 Å². The number of benzene rings is 1. The van der Waals surface area contributed by atoms with Crippen LogP contribution in [0, 0.1) is 12.8 Å². The Kier molecular flexibility index (Phi) is 6.32. The Bertz CT molecular complexity index is 815. The summed E-state index contributed by atoms with van der Waals surface area (Å²) in [5.74, 6) is 0.0629. The molecule has 0 spiro atoms. The lowest BCUT2D eigenvalue weighted by molar-refractivity contribution is 0.00578. The van der Waals surface area contributed by atoms with Crippen molar-refractivity contribution in [1.82, 2.24) is 10.2 Å². The maximum Gasteiger partial charge on any atom is 0.499 e. The van der Waals surface area contributed by atoms with Crippen LogP contribution in [0.15, 0.2) is 12.1 Å². The molecule has 2 saturated heterocycles. The largest absolute Gasteiger partial charge is 0.499 e. The summed E-state index contributed by atoms with van der Waals surface area (Å²) >= 11 is 0. The minimum Gasteiger partial charge on any atom is -0.411 e. The lowest BCUT2D eigenvalue weighted by Crippen LogP contribution is -2.48. The van der Waals surface area contributed by atoms with Gasteiger partial charge in [0.2, 0.25) is 0 Å². The van der Waals surface area contributed by atoms with Gasteiger partial charge in [0.1, 0.15) is 5.75 Å². The van der Waals surface area contributed by atoms with E-state index >= 15 is 0 Å². The molecule has 0 atom stereocenters. The van der Waals surface area contributed by atoms with Crippen LogP contribution in [-0.4, -0.2) is 61.3 Å². The summed E-state index contributed by atoms with van der Waals surface area (Å²) in [6.45, 7) is 16.0. The molecule has 0 saturated carbocycles. The number of piperazine rings is 1. The van der Waals surface area contributed by atoms with Gasteiger partial charge < -0.3 is 24.3 Å². The number of hydrogen-bond acceptors (Lipinski definition) is 6. The Morgan fingerprint density at radius 3 is 2.20 bits per heavy atom. The van der Waals surface area contributed by atoms with Crippen LogP contribution in [0.25, 0.3) is 0 Å². The van der Waals surface area contributed by atoms with Crippen LogP contribution in [0.1, 0.15) is 57.5 Å². The topological polar surface area (TPSA) is 77.1 Å². The maximum atomic E-state index is 13.1. The first-order chi connectivity index (χ1) is 13.9. The van der Waals surface area contributed by atoms with E-state index in [1.807, 2.05) is 54.5 Å². The first-order valence-corrected chi connectivity index (χ1v) is 10.7. The van der Waals surface area contributed by atoms with Gasteiger partial charge in [-0.15, -0.1) is 0 Å². The second kappa shape index (κ2) is 8.32. The molecule has 0 aliphatic carbocycles. The highest BCUT2D eigenvalue weighted by atomic mass is 16.7. The van der Waals surface area contributed by atoms with Crippen LogP contribution in [0.4, 0.5) is 4.79 Å². The van der Waals surface area contributed by atoms with Crippen LogP contribution in [0.3, 0.4) is 0 Å². The minimum absolute atomic E-state index is 0.0303. The molecular formula is C22H33BN2O5. The molecule has 1 N–H and O–H groups in total. The predicted molar refractivity (Wildman–Crippen MR) is 117 cm³/mol. The maximum absolute atomic E-state index is 13.1. The molecule has 2 heterocycles. The summed E-state index contributed by atoms with van der Waals surface area (Å²) < 4.78 is 18.3. The van der Waals surface area contributed by atoms with E-state index in [0.717, 1.165) is 18.7 Å². The number of amides is 1. The van der Waals surface area contributed by atoms with Gasteiger partial charge in [0.25, 0.3) is 0 Å². The number of carbonyl (C=O) groups is 2. The minimum atomic E-state index is -0.807. The molecule has 1 aromatic rings. The van der Waals surface area contributed by atoms with Crippen molar-refractivity contribution in [2.24, 2.45) is 5.92 Å². The van der Waals surface area contributed by atoms with Crippen molar-refractivity contribution in [2.75, 3.05) is 26.2 Å². The molecule has 164 valence electrons. The number of nitrogens with one attached hydrogen (secondary N) is 1. The Balaban J connectivity index is 2.05. The van der Waals surface area contributed by atoms with Crippen molar-refractivity contribution in [2.45, 2.75) is 59.7 Å². The molecule has 2 aliphatic rings. The van der Waals surface area contributed by atoms with Crippen molar-refractivity contribution < 1.29 is 23.6 Å². The molecule has 3 rings (SSSR count). The van der Waals surface area contributed by atoms with Crippen molar-refractivity contribution >= 4 is 24.5 Å². The quantitative estimate of drug-likeness (QED) is 0.601. The van der Waals surface area contributed by atoms with Crippen molar-refractivity contribution in [3.63, 3.8) is 0 Å². The Morgan fingerprint density at radius 1 is 1.10 bits per heavy atom. The number of rotatable bonds is 4. The molecule has 2 aliphatic heterocycles. The van der Waals surface area contributed by atoms with Gasteiger partial charge in [0, 0.05) is 43.1 Å². The molecule has 0 unspecified atom stereocenters. The van der Waals surface area contributed by atoms with E-state index in [1.54, 1.807) is 11.0 Å². The van der Waals surface area contributed by atoms with Gasteiger partial charge in [-0.3, -0.25) is 4.79 Å². The molecule has 0 aromatic heterocycles. The van der Waals surface area contributed by atoms with Gasteiger partial charge >= 0.3 is 13.2 Å². The van der Waals surface area contributed by atoms with Gasteiger partial charge in [-0.05, 0) is 46.2 Å². The zero-order chi connectivity index (χ0) is 22.3. The van der Waals surface area contributed by atoms with Gasteiger partial charge in [0.15, 0.2) is 5.78 Å². The fourth-order valence-electron chi connectivity index (χ4n) is 3.62. The molecule has 1 amide bonds. The Morgan fingerprint density at radius 2 is 1.67 bits per heavy atom. The summed E-state index contributed by atoms with van der Waals surface area (Å²) in [5.41, 5.74) is 0.643. The van der Waals surface area contributed by atoms with E-state index in [2.05, 4.69) is 5.32 Å². The average Bonchev–Trinajstić information content (AvgIpc) is 2.89.